The second-order valence-corrected chi connectivity index (χ2v) is 5.09. The Kier molecular flexibility index (Phi) is 2.38. The SMILES string of the molecule is Cc1c(Br)ccc(C2(C(=O)O)CC2)c1C. The van der Waals surface area contributed by atoms with Gasteiger partial charge in [-0.25, -0.2) is 0 Å². The topological polar surface area (TPSA) is 37.3 Å². The van der Waals surface area contributed by atoms with Gasteiger partial charge in [-0.05, 0) is 49.4 Å². The maximum atomic E-state index is 11.2. The second kappa shape index (κ2) is 3.34. The van der Waals surface area contributed by atoms with Crippen LogP contribution in [0.2, 0.25) is 0 Å². The highest BCUT2D eigenvalue weighted by Crippen LogP contribution is 2.50. The van der Waals surface area contributed by atoms with Gasteiger partial charge in [-0.2, -0.15) is 0 Å². The van der Waals surface area contributed by atoms with Crippen molar-refractivity contribution in [3.63, 3.8) is 0 Å². The molecule has 15 heavy (non-hydrogen) atoms. The highest BCUT2D eigenvalue weighted by molar-refractivity contribution is 9.10. The number of carboxylic acids is 1. The maximum Gasteiger partial charge on any atom is 0.314 e. The maximum absolute atomic E-state index is 11.2. The van der Waals surface area contributed by atoms with Gasteiger partial charge in [0.05, 0.1) is 5.41 Å². The first-order valence-corrected chi connectivity index (χ1v) is 5.78. The number of rotatable bonds is 2. The lowest BCUT2D eigenvalue weighted by molar-refractivity contribution is -0.140. The molecule has 1 aromatic carbocycles. The Hall–Kier alpha value is -0.830. The van der Waals surface area contributed by atoms with Crippen LogP contribution in [0, 0.1) is 13.8 Å². The van der Waals surface area contributed by atoms with Crippen molar-refractivity contribution in [2.24, 2.45) is 0 Å². The zero-order chi connectivity index (χ0) is 11.2. The molecule has 1 aliphatic carbocycles. The lowest BCUT2D eigenvalue weighted by atomic mass is 9.90. The summed E-state index contributed by atoms with van der Waals surface area (Å²) < 4.78 is 1.05. The third-order valence-corrected chi connectivity index (χ3v) is 4.26. The zero-order valence-electron chi connectivity index (χ0n) is 8.80. The number of aliphatic carboxylic acids is 1. The van der Waals surface area contributed by atoms with E-state index in [-0.39, 0.29) is 0 Å². The van der Waals surface area contributed by atoms with Gasteiger partial charge in [0.1, 0.15) is 0 Å². The highest BCUT2D eigenvalue weighted by atomic mass is 79.9. The van der Waals surface area contributed by atoms with Gasteiger partial charge in [0.25, 0.3) is 0 Å². The molecule has 0 aliphatic heterocycles. The highest BCUT2D eigenvalue weighted by Gasteiger charge is 2.52. The first kappa shape index (κ1) is 10.7. The summed E-state index contributed by atoms with van der Waals surface area (Å²) in [4.78, 5) is 11.2. The predicted molar refractivity (Wildman–Crippen MR) is 62.2 cm³/mol. The quantitative estimate of drug-likeness (QED) is 0.895. The molecular weight excluding hydrogens is 256 g/mol. The van der Waals surface area contributed by atoms with Crippen LogP contribution in [0.3, 0.4) is 0 Å². The summed E-state index contributed by atoms with van der Waals surface area (Å²) in [5.41, 5.74) is 2.63. The van der Waals surface area contributed by atoms with E-state index in [0.717, 1.165) is 34.0 Å². The number of hydrogen-bond acceptors (Lipinski definition) is 1. The molecule has 1 saturated carbocycles. The Balaban J connectivity index is 2.55. The molecule has 0 atom stereocenters. The summed E-state index contributed by atoms with van der Waals surface area (Å²) in [6, 6.07) is 3.88. The minimum atomic E-state index is -0.688. The summed E-state index contributed by atoms with van der Waals surface area (Å²) in [6.45, 7) is 4.01. The molecule has 1 fully saturated rings. The molecule has 0 unspecified atom stereocenters. The third-order valence-electron chi connectivity index (χ3n) is 3.40. The van der Waals surface area contributed by atoms with Crippen molar-refractivity contribution < 1.29 is 9.90 Å². The van der Waals surface area contributed by atoms with Crippen molar-refractivity contribution in [1.29, 1.82) is 0 Å². The van der Waals surface area contributed by atoms with Crippen LogP contribution in [0.1, 0.15) is 29.5 Å². The summed E-state index contributed by atoms with van der Waals surface area (Å²) in [7, 11) is 0. The molecule has 1 aromatic rings. The molecule has 1 aliphatic rings. The van der Waals surface area contributed by atoms with Gasteiger partial charge in [-0.15, -0.1) is 0 Å². The molecule has 0 spiro atoms. The van der Waals surface area contributed by atoms with Crippen molar-refractivity contribution in [3.05, 3.63) is 33.3 Å². The van der Waals surface area contributed by atoms with Crippen molar-refractivity contribution in [1.82, 2.24) is 0 Å². The smallest absolute Gasteiger partial charge is 0.314 e. The molecule has 1 N–H and O–H groups in total. The van der Waals surface area contributed by atoms with E-state index in [1.807, 2.05) is 26.0 Å². The number of hydrogen-bond donors (Lipinski definition) is 1. The van der Waals surface area contributed by atoms with Crippen LogP contribution >= 0.6 is 15.9 Å². The summed E-state index contributed by atoms with van der Waals surface area (Å²) in [5, 5.41) is 9.23. The van der Waals surface area contributed by atoms with Crippen LogP contribution in [0.5, 0.6) is 0 Å². The van der Waals surface area contributed by atoms with E-state index in [9.17, 15) is 9.90 Å². The Morgan fingerprint density at radius 2 is 1.93 bits per heavy atom. The number of carboxylic acid groups (broad SMARTS) is 1. The fraction of sp³-hybridized carbons (Fsp3) is 0.417. The Morgan fingerprint density at radius 3 is 2.40 bits per heavy atom. The largest absolute Gasteiger partial charge is 0.481 e. The summed E-state index contributed by atoms with van der Waals surface area (Å²) in [5.74, 6) is -0.688. The summed E-state index contributed by atoms with van der Waals surface area (Å²) >= 11 is 3.46. The second-order valence-electron chi connectivity index (χ2n) is 4.23. The van der Waals surface area contributed by atoms with E-state index >= 15 is 0 Å². The van der Waals surface area contributed by atoms with E-state index in [1.54, 1.807) is 0 Å². The molecule has 0 amide bonds. The first-order chi connectivity index (χ1) is 6.99. The van der Waals surface area contributed by atoms with Gasteiger partial charge in [0.15, 0.2) is 0 Å². The number of halogens is 1. The van der Waals surface area contributed by atoms with Gasteiger partial charge in [0.2, 0.25) is 0 Å². The fourth-order valence-electron chi connectivity index (χ4n) is 2.03. The molecule has 0 aromatic heterocycles. The van der Waals surface area contributed by atoms with Gasteiger partial charge in [-0.1, -0.05) is 22.0 Å². The first-order valence-electron chi connectivity index (χ1n) is 4.98. The Morgan fingerprint density at radius 1 is 1.33 bits per heavy atom. The Labute approximate surface area is 97.4 Å². The molecular formula is C12H13BrO2. The summed E-state index contributed by atoms with van der Waals surface area (Å²) in [6.07, 6.45) is 1.54. The van der Waals surface area contributed by atoms with Gasteiger partial charge >= 0.3 is 5.97 Å². The minimum Gasteiger partial charge on any atom is -0.481 e. The van der Waals surface area contributed by atoms with Crippen LogP contribution in [0.15, 0.2) is 16.6 Å². The fourth-order valence-corrected chi connectivity index (χ4v) is 2.46. The zero-order valence-corrected chi connectivity index (χ0v) is 10.4. The van der Waals surface area contributed by atoms with Crippen molar-refractivity contribution >= 4 is 21.9 Å². The molecule has 0 radical (unpaired) electrons. The normalized spacial score (nSPS) is 17.5. The van der Waals surface area contributed by atoms with Crippen LogP contribution in [-0.4, -0.2) is 11.1 Å². The van der Waals surface area contributed by atoms with E-state index in [4.69, 9.17) is 0 Å². The molecule has 2 nitrogen and oxygen atoms in total. The van der Waals surface area contributed by atoms with Gasteiger partial charge < -0.3 is 5.11 Å². The molecule has 0 heterocycles. The van der Waals surface area contributed by atoms with Crippen LogP contribution < -0.4 is 0 Å². The standard InChI is InChI=1S/C12H13BrO2/c1-7-8(2)10(13)4-3-9(7)12(5-6-12)11(14)15/h3-4H,5-6H2,1-2H3,(H,14,15). The molecule has 0 bridgehead atoms. The van der Waals surface area contributed by atoms with E-state index in [0.29, 0.717) is 0 Å². The lowest BCUT2D eigenvalue weighted by Crippen LogP contribution is -2.21. The van der Waals surface area contributed by atoms with E-state index < -0.39 is 11.4 Å². The van der Waals surface area contributed by atoms with Crippen molar-refractivity contribution in [2.45, 2.75) is 32.1 Å². The minimum absolute atomic E-state index is 0.588. The van der Waals surface area contributed by atoms with Crippen molar-refractivity contribution in [2.75, 3.05) is 0 Å². The van der Waals surface area contributed by atoms with Crippen LogP contribution in [-0.2, 0) is 10.2 Å². The number of benzene rings is 1. The van der Waals surface area contributed by atoms with Gasteiger partial charge in [0, 0.05) is 4.47 Å². The van der Waals surface area contributed by atoms with E-state index in [1.165, 1.54) is 0 Å². The average Bonchev–Trinajstić information content (AvgIpc) is 2.95. The van der Waals surface area contributed by atoms with Crippen LogP contribution in [0.25, 0.3) is 0 Å². The average molecular weight is 269 g/mol. The Bertz CT molecular complexity index is 433. The molecule has 3 heteroatoms. The van der Waals surface area contributed by atoms with Gasteiger partial charge in [-0.3, -0.25) is 4.79 Å². The molecule has 0 saturated heterocycles. The molecule has 2 rings (SSSR count). The third kappa shape index (κ3) is 1.49. The number of carbonyl (C=O) groups is 1. The van der Waals surface area contributed by atoms with Crippen molar-refractivity contribution in [3.8, 4) is 0 Å². The molecule has 80 valence electrons. The lowest BCUT2D eigenvalue weighted by Gasteiger charge is -2.16. The van der Waals surface area contributed by atoms with E-state index in [2.05, 4.69) is 15.9 Å². The monoisotopic (exact) mass is 268 g/mol. The predicted octanol–water partition coefficient (Wildman–Crippen LogP) is 3.18. The van der Waals surface area contributed by atoms with Crippen LogP contribution in [0.4, 0.5) is 0 Å².